The summed E-state index contributed by atoms with van der Waals surface area (Å²) in [5, 5.41) is 0.399. The van der Waals surface area contributed by atoms with Crippen molar-refractivity contribution in [1.82, 2.24) is 0 Å². The first-order valence-electron chi connectivity index (χ1n) is 9.86. The van der Waals surface area contributed by atoms with Crippen molar-refractivity contribution < 1.29 is 27.4 Å². The molecule has 10 heteroatoms. The molecule has 0 amide bonds. The largest absolute Gasteiger partial charge is 0.495 e. The number of hydrogen-bond acceptors (Lipinski definition) is 6. The number of nitrogens with one attached hydrogen (secondary N) is 1. The maximum absolute atomic E-state index is 12.9. The molecule has 0 atom stereocenters. The van der Waals surface area contributed by atoms with Gasteiger partial charge in [-0.25, -0.2) is 8.42 Å². The van der Waals surface area contributed by atoms with Crippen molar-refractivity contribution in [1.29, 1.82) is 0 Å². The molecule has 1 N–H and O–H groups in total. The van der Waals surface area contributed by atoms with E-state index in [2.05, 4.69) is 4.72 Å². The van der Waals surface area contributed by atoms with Gasteiger partial charge in [0.2, 0.25) is 5.75 Å². The van der Waals surface area contributed by atoms with Crippen LogP contribution in [0, 0.1) is 0 Å². The molecule has 0 aliphatic carbocycles. The standard InChI is InChI=1S/C24H23Cl2NO6S/c1-30-21-10-7-15(5-6-16-12-22(31-2)24(33-4)23(13-16)32-3)11-20(21)27-34(28,29)17-8-9-18(25)19(26)14-17/h5-14,27H,1-4H3/b6-5-. The van der Waals surface area contributed by atoms with Gasteiger partial charge in [-0.2, -0.15) is 0 Å². The molecule has 7 nitrogen and oxygen atoms in total. The van der Waals surface area contributed by atoms with Crippen LogP contribution in [-0.2, 0) is 10.0 Å². The average Bonchev–Trinajstić information content (AvgIpc) is 2.83. The van der Waals surface area contributed by atoms with Crippen LogP contribution in [0.4, 0.5) is 5.69 Å². The maximum atomic E-state index is 12.9. The summed E-state index contributed by atoms with van der Waals surface area (Å²) >= 11 is 11.9. The highest BCUT2D eigenvalue weighted by atomic mass is 35.5. The minimum Gasteiger partial charge on any atom is -0.495 e. The molecule has 0 saturated heterocycles. The van der Waals surface area contributed by atoms with E-state index in [0.29, 0.717) is 23.0 Å². The summed E-state index contributed by atoms with van der Waals surface area (Å²) < 4.78 is 49.8. The lowest BCUT2D eigenvalue weighted by atomic mass is 10.1. The Bertz CT molecular complexity index is 1300. The average molecular weight is 524 g/mol. The van der Waals surface area contributed by atoms with Crippen LogP contribution < -0.4 is 23.7 Å². The molecule has 34 heavy (non-hydrogen) atoms. The van der Waals surface area contributed by atoms with E-state index >= 15 is 0 Å². The zero-order chi connectivity index (χ0) is 24.9. The van der Waals surface area contributed by atoms with Crippen LogP contribution in [0.1, 0.15) is 11.1 Å². The van der Waals surface area contributed by atoms with E-state index < -0.39 is 10.0 Å². The monoisotopic (exact) mass is 523 g/mol. The highest BCUT2D eigenvalue weighted by Gasteiger charge is 2.18. The lowest BCUT2D eigenvalue weighted by Crippen LogP contribution is -2.13. The number of hydrogen-bond donors (Lipinski definition) is 1. The molecule has 0 unspecified atom stereocenters. The van der Waals surface area contributed by atoms with Crippen molar-refractivity contribution in [2.75, 3.05) is 33.2 Å². The Morgan fingerprint density at radius 1 is 0.706 bits per heavy atom. The van der Waals surface area contributed by atoms with Crippen molar-refractivity contribution in [3.05, 3.63) is 69.7 Å². The molecule has 0 radical (unpaired) electrons. The highest BCUT2D eigenvalue weighted by molar-refractivity contribution is 7.92. The van der Waals surface area contributed by atoms with Gasteiger partial charge in [0.05, 0.1) is 49.1 Å². The van der Waals surface area contributed by atoms with Crippen LogP contribution in [0.5, 0.6) is 23.0 Å². The van der Waals surface area contributed by atoms with E-state index in [4.69, 9.17) is 42.1 Å². The maximum Gasteiger partial charge on any atom is 0.262 e. The van der Waals surface area contributed by atoms with Crippen LogP contribution in [0.15, 0.2) is 53.4 Å². The second-order valence-electron chi connectivity index (χ2n) is 6.93. The molecule has 0 aromatic heterocycles. The van der Waals surface area contributed by atoms with E-state index in [0.717, 1.165) is 11.1 Å². The fourth-order valence-corrected chi connectivity index (χ4v) is 4.60. The first-order valence-corrected chi connectivity index (χ1v) is 12.1. The summed E-state index contributed by atoms with van der Waals surface area (Å²) in [7, 11) is 2.14. The molecule has 0 bridgehead atoms. The molecule has 0 aliphatic rings. The summed E-state index contributed by atoms with van der Waals surface area (Å²) in [6, 6.07) is 12.8. The summed E-state index contributed by atoms with van der Waals surface area (Å²) in [4.78, 5) is -0.0256. The molecule has 3 rings (SSSR count). The molecule has 0 saturated carbocycles. The van der Waals surface area contributed by atoms with Crippen molar-refractivity contribution in [2.45, 2.75) is 4.90 Å². The third-order valence-electron chi connectivity index (χ3n) is 4.82. The first kappa shape index (κ1) is 25.6. The van der Waals surface area contributed by atoms with Gasteiger partial charge in [0.25, 0.3) is 10.0 Å². The van der Waals surface area contributed by atoms with Gasteiger partial charge >= 0.3 is 0 Å². The Kier molecular flexibility index (Phi) is 8.19. The Labute approximate surface area is 208 Å². The van der Waals surface area contributed by atoms with Gasteiger partial charge in [0.1, 0.15) is 5.75 Å². The van der Waals surface area contributed by atoms with Gasteiger partial charge in [-0.15, -0.1) is 0 Å². The number of rotatable bonds is 9. The number of sulfonamides is 1. The van der Waals surface area contributed by atoms with Crippen molar-refractivity contribution in [3.63, 3.8) is 0 Å². The molecule has 0 heterocycles. The van der Waals surface area contributed by atoms with E-state index in [1.54, 1.807) is 44.6 Å². The van der Waals surface area contributed by atoms with E-state index in [1.165, 1.54) is 32.4 Å². The Morgan fingerprint density at radius 2 is 1.32 bits per heavy atom. The molecular weight excluding hydrogens is 501 g/mol. The van der Waals surface area contributed by atoms with Gasteiger partial charge in [-0.1, -0.05) is 41.4 Å². The Hall–Kier alpha value is -3.07. The van der Waals surface area contributed by atoms with Crippen molar-refractivity contribution in [3.8, 4) is 23.0 Å². The number of benzene rings is 3. The van der Waals surface area contributed by atoms with Crippen molar-refractivity contribution in [2.24, 2.45) is 0 Å². The number of methoxy groups -OCH3 is 4. The van der Waals surface area contributed by atoms with Crippen LogP contribution in [-0.4, -0.2) is 36.9 Å². The molecule has 0 spiro atoms. The highest BCUT2D eigenvalue weighted by Crippen LogP contribution is 2.39. The number of ether oxygens (including phenoxy) is 4. The van der Waals surface area contributed by atoms with Gasteiger partial charge in [0, 0.05) is 0 Å². The normalized spacial score (nSPS) is 11.4. The van der Waals surface area contributed by atoms with Crippen molar-refractivity contribution >= 4 is 51.1 Å². The van der Waals surface area contributed by atoms with E-state index in [9.17, 15) is 8.42 Å². The minimum atomic E-state index is -3.94. The lowest BCUT2D eigenvalue weighted by molar-refractivity contribution is 0.324. The third kappa shape index (κ3) is 5.70. The summed E-state index contributed by atoms with van der Waals surface area (Å²) in [5.41, 5.74) is 1.78. The predicted molar refractivity (Wildman–Crippen MR) is 135 cm³/mol. The zero-order valence-electron chi connectivity index (χ0n) is 18.9. The smallest absolute Gasteiger partial charge is 0.262 e. The molecule has 0 fully saturated rings. The summed E-state index contributed by atoms with van der Waals surface area (Å²) in [6.07, 6.45) is 3.65. The van der Waals surface area contributed by atoms with Gasteiger partial charge in [-0.05, 0) is 53.6 Å². The van der Waals surface area contributed by atoms with E-state index in [-0.39, 0.29) is 20.6 Å². The second-order valence-corrected chi connectivity index (χ2v) is 9.43. The fourth-order valence-electron chi connectivity index (χ4n) is 3.15. The molecular formula is C24H23Cl2NO6S. The molecule has 180 valence electrons. The number of halogens is 2. The topological polar surface area (TPSA) is 83.1 Å². The van der Waals surface area contributed by atoms with Crippen LogP contribution in [0.3, 0.4) is 0 Å². The lowest BCUT2D eigenvalue weighted by Gasteiger charge is -2.14. The Balaban J connectivity index is 1.94. The van der Waals surface area contributed by atoms with Gasteiger partial charge in [0.15, 0.2) is 11.5 Å². The third-order valence-corrected chi connectivity index (χ3v) is 6.93. The van der Waals surface area contributed by atoms with Crippen LogP contribution in [0.25, 0.3) is 12.2 Å². The molecule has 3 aromatic carbocycles. The molecule has 3 aromatic rings. The summed E-state index contributed by atoms with van der Waals surface area (Å²) in [5.74, 6) is 1.89. The molecule has 0 aliphatic heterocycles. The number of anilines is 1. The first-order chi connectivity index (χ1) is 16.2. The fraction of sp³-hybridized carbons (Fsp3) is 0.167. The van der Waals surface area contributed by atoms with E-state index in [1.807, 2.05) is 12.2 Å². The van der Waals surface area contributed by atoms with Crippen LogP contribution >= 0.6 is 23.2 Å². The Morgan fingerprint density at radius 3 is 1.88 bits per heavy atom. The second kappa shape index (κ2) is 10.9. The predicted octanol–water partition coefficient (Wildman–Crippen LogP) is 6.00. The zero-order valence-corrected chi connectivity index (χ0v) is 21.2. The summed E-state index contributed by atoms with van der Waals surface area (Å²) in [6.45, 7) is 0. The van der Waals surface area contributed by atoms with Crippen LogP contribution in [0.2, 0.25) is 10.0 Å². The van der Waals surface area contributed by atoms with Gasteiger partial charge < -0.3 is 18.9 Å². The van der Waals surface area contributed by atoms with Gasteiger partial charge in [-0.3, -0.25) is 4.72 Å². The minimum absolute atomic E-state index is 0.0256. The quantitative estimate of drug-likeness (QED) is 0.346. The SMILES string of the molecule is COc1ccc(/C=C\c2cc(OC)c(OC)c(OC)c2)cc1NS(=O)(=O)c1ccc(Cl)c(Cl)c1.